The van der Waals surface area contributed by atoms with Crippen molar-refractivity contribution in [2.45, 2.75) is 0 Å². The first-order valence-corrected chi connectivity index (χ1v) is 6.96. The number of hydrogen-bond acceptors (Lipinski definition) is 0. The fourth-order valence-corrected chi connectivity index (χ4v) is 3.10. The Bertz CT molecular complexity index is 713. The van der Waals surface area contributed by atoms with Crippen molar-refractivity contribution >= 4 is 77.4 Å². The van der Waals surface area contributed by atoms with Gasteiger partial charge in [-0.3, -0.25) is 0 Å². The van der Waals surface area contributed by atoms with Crippen molar-refractivity contribution < 1.29 is 0 Å². The molecule has 0 fully saturated rings. The molecule has 3 aromatic rings. The molecule has 0 saturated heterocycles. The lowest BCUT2D eigenvalue weighted by Gasteiger charge is -2.13. The zero-order chi connectivity index (χ0) is 12.9. The summed E-state index contributed by atoms with van der Waals surface area (Å²) >= 11 is 3.57. The van der Waals surface area contributed by atoms with Gasteiger partial charge in [0.1, 0.15) is 23.5 Å². The summed E-state index contributed by atoms with van der Waals surface area (Å²) < 4.78 is 1.14. The molecule has 0 radical (unpaired) electrons. The second-order valence-electron chi connectivity index (χ2n) is 4.99. The average molecular weight is 293 g/mol. The minimum atomic E-state index is 1.14. The molecule has 3 aromatic carbocycles. The lowest BCUT2D eigenvalue weighted by Crippen LogP contribution is -2.18. The van der Waals surface area contributed by atoms with Crippen LogP contribution in [-0.2, 0) is 0 Å². The lowest BCUT2D eigenvalue weighted by atomic mass is 9.76. The van der Waals surface area contributed by atoms with Crippen LogP contribution in [0, 0.1) is 0 Å². The summed E-state index contributed by atoms with van der Waals surface area (Å²) in [6.07, 6.45) is 0. The highest BCUT2D eigenvalue weighted by molar-refractivity contribution is 9.10. The third-order valence-electron chi connectivity index (χ3n) is 3.77. The summed E-state index contributed by atoms with van der Waals surface area (Å²) in [6.45, 7) is 0. The van der Waals surface area contributed by atoms with Gasteiger partial charge in [0.15, 0.2) is 0 Å². The number of fused-ring (bicyclic) bond motifs is 2. The monoisotopic (exact) mass is 292 g/mol. The molecular formula is C14H12B3Br. The van der Waals surface area contributed by atoms with Gasteiger partial charge >= 0.3 is 0 Å². The molecule has 0 spiro atoms. The summed E-state index contributed by atoms with van der Waals surface area (Å²) in [5.74, 6) is 0. The second-order valence-corrected chi connectivity index (χ2v) is 5.90. The molecule has 0 heterocycles. The van der Waals surface area contributed by atoms with E-state index in [1.807, 2.05) is 0 Å². The summed E-state index contributed by atoms with van der Waals surface area (Å²) in [7, 11) is 6.59. The highest BCUT2D eigenvalue weighted by Gasteiger charge is 2.08. The molecule has 0 amide bonds. The number of halogens is 1. The molecule has 0 aliphatic heterocycles. The standard InChI is InChI=1S/C14H12B3Br/c15-7-1-3-9-11(5-7)13(16)10-4-2-8(18)6-12(10)14(9)17/h1-6H,15-17H2. The molecule has 0 unspecified atom stereocenters. The van der Waals surface area contributed by atoms with Gasteiger partial charge in [-0.2, -0.15) is 0 Å². The third-order valence-corrected chi connectivity index (χ3v) is 4.27. The van der Waals surface area contributed by atoms with Crippen LogP contribution in [0.2, 0.25) is 0 Å². The molecule has 0 nitrogen and oxygen atoms in total. The van der Waals surface area contributed by atoms with Crippen LogP contribution in [0.4, 0.5) is 0 Å². The van der Waals surface area contributed by atoms with Gasteiger partial charge in [0.25, 0.3) is 0 Å². The van der Waals surface area contributed by atoms with Gasteiger partial charge in [0, 0.05) is 4.47 Å². The smallest absolute Gasteiger partial charge is 0.0884 e. The van der Waals surface area contributed by atoms with E-state index in [0.717, 1.165) is 4.47 Å². The van der Waals surface area contributed by atoms with Crippen molar-refractivity contribution in [3.05, 3.63) is 40.9 Å². The molecule has 0 atom stereocenters. The number of rotatable bonds is 0. The first-order valence-electron chi connectivity index (χ1n) is 6.17. The molecule has 0 aromatic heterocycles. The predicted molar refractivity (Wildman–Crippen MR) is 93.7 cm³/mol. The van der Waals surface area contributed by atoms with E-state index in [9.17, 15) is 0 Å². The van der Waals surface area contributed by atoms with Crippen LogP contribution in [0.3, 0.4) is 0 Å². The Balaban J connectivity index is 2.60. The minimum absolute atomic E-state index is 1.14. The van der Waals surface area contributed by atoms with Crippen LogP contribution in [0.15, 0.2) is 40.9 Å². The SMILES string of the molecule is Bc1ccc2c(B)c3cc(Br)ccc3c(B)c2c1. The zero-order valence-electron chi connectivity index (χ0n) is 10.8. The van der Waals surface area contributed by atoms with Crippen molar-refractivity contribution in [3.8, 4) is 0 Å². The van der Waals surface area contributed by atoms with Gasteiger partial charge in [-0.1, -0.05) is 56.6 Å². The third kappa shape index (κ3) is 1.71. The summed E-state index contributed by atoms with van der Waals surface area (Å²) in [5.41, 5.74) is 4.06. The van der Waals surface area contributed by atoms with Crippen molar-refractivity contribution in [2.24, 2.45) is 0 Å². The van der Waals surface area contributed by atoms with Gasteiger partial charge in [0.2, 0.25) is 0 Å². The Morgan fingerprint density at radius 1 is 0.667 bits per heavy atom. The van der Waals surface area contributed by atoms with E-state index in [-0.39, 0.29) is 0 Å². The molecule has 84 valence electrons. The van der Waals surface area contributed by atoms with Crippen molar-refractivity contribution in [1.29, 1.82) is 0 Å². The van der Waals surface area contributed by atoms with E-state index >= 15 is 0 Å². The molecule has 0 bridgehead atoms. The average Bonchev–Trinajstić information content (AvgIpc) is 2.36. The predicted octanol–water partition coefficient (Wildman–Crippen LogP) is -0.469. The summed E-state index contributed by atoms with van der Waals surface area (Å²) in [4.78, 5) is 0. The highest BCUT2D eigenvalue weighted by atomic mass is 79.9. The van der Waals surface area contributed by atoms with Crippen LogP contribution in [0.5, 0.6) is 0 Å². The summed E-state index contributed by atoms with van der Waals surface area (Å²) in [6, 6.07) is 13.3. The largest absolute Gasteiger partial charge is 0.140 e. The maximum absolute atomic E-state index is 3.57. The lowest BCUT2D eigenvalue weighted by molar-refractivity contribution is 1.75. The number of benzene rings is 3. The highest BCUT2D eigenvalue weighted by Crippen LogP contribution is 2.20. The fraction of sp³-hybridized carbons (Fsp3) is 0. The fourth-order valence-electron chi connectivity index (χ4n) is 2.74. The van der Waals surface area contributed by atoms with E-state index in [1.165, 1.54) is 37.9 Å². The Labute approximate surface area is 118 Å². The second kappa shape index (κ2) is 4.20. The van der Waals surface area contributed by atoms with Crippen molar-refractivity contribution in [1.82, 2.24) is 0 Å². The van der Waals surface area contributed by atoms with Crippen molar-refractivity contribution in [3.63, 3.8) is 0 Å². The Hall–Kier alpha value is -1.15. The molecule has 0 N–H and O–H groups in total. The molecule has 0 aliphatic rings. The van der Waals surface area contributed by atoms with Crippen molar-refractivity contribution in [2.75, 3.05) is 0 Å². The molecule has 18 heavy (non-hydrogen) atoms. The Morgan fingerprint density at radius 2 is 1.22 bits per heavy atom. The quantitative estimate of drug-likeness (QED) is 0.388. The van der Waals surface area contributed by atoms with Gasteiger partial charge < -0.3 is 0 Å². The molecule has 4 heteroatoms. The Morgan fingerprint density at radius 3 is 1.89 bits per heavy atom. The van der Waals surface area contributed by atoms with Crippen LogP contribution in [0.1, 0.15) is 0 Å². The van der Waals surface area contributed by atoms with Gasteiger partial charge in [0.05, 0.1) is 0 Å². The van der Waals surface area contributed by atoms with E-state index in [0.29, 0.717) is 0 Å². The van der Waals surface area contributed by atoms with E-state index in [2.05, 4.69) is 75.9 Å². The van der Waals surface area contributed by atoms with Crippen LogP contribution >= 0.6 is 15.9 Å². The van der Waals surface area contributed by atoms with E-state index < -0.39 is 0 Å². The zero-order valence-corrected chi connectivity index (χ0v) is 12.4. The van der Waals surface area contributed by atoms with Crippen LogP contribution < -0.4 is 16.4 Å². The normalized spacial score (nSPS) is 11.2. The molecular weight excluding hydrogens is 280 g/mol. The number of hydrogen-bond donors (Lipinski definition) is 0. The molecule has 3 rings (SSSR count). The topological polar surface area (TPSA) is 0 Å². The maximum Gasteiger partial charge on any atom is 0.140 e. The molecule has 0 saturated carbocycles. The first-order chi connectivity index (χ1) is 8.58. The summed E-state index contributed by atoms with van der Waals surface area (Å²) in [5, 5.41) is 5.44. The van der Waals surface area contributed by atoms with Gasteiger partial charge in [-0.05, 0) is 33.7 Å². The van der Waals surface area contributed by atoms with E-state index in [4.69, 9.17) is 0 Å². The minimum Gasteiger partial charge on any atom is -0.0884 e. The van der Waals surface area contributed by atoms with Gasteiger partial charge in [-0.25, -0.2) is 0 Å². The van der Waals surface area contributed by atoms with E-state index in [1.54, 1.807) is 0 Å². The van der Waals surface area contributed by atoms with Crippen LogP contribution in [-0.4, -0.2) is 23.5 Å². The van der Waals surface area contributed by atoms with Crippen LogP contribution in [0.25, 0.3) is 21.5 Å². The molecule has 0 aliphatic carbocycles. The first kappa shape index (κ1) is 11.9. The van der Waals surface area contributed by atoms with Gasteiger partial charge in [-0.15, -0.1) is 0 Å². The maximum atomic E-state index is 3.57. The Kier molecular flexibility index (Phi) is 2.78.